The Morgan fingerprint density at radius 2 is 2.10 bits per heavy atom. The molecule has 0 saturated heterocycles. The average molecular weight is 355 g/mol. The zero-order chi connectivity index (χ0) is 15.2. The van der Waals surface area contributed by atoms with Crippen LogP contribution in [-0.4, -0.2) is 25.1 Å². The van der Waals surface area contributed by atoms with Gasteiger partial charge < -0.3 is 9.47 Å². The highest BCUT2D eigenvalue weighted by atomic mass is 79.9. The van der Waals surface area contributed by atoms with E-state index in [1.54, 1.807) is 0 Å². The average Bonchev–Trinajstić information content (AvgIpc) is 2.43. The molecule has 1 aliphatic rings. The summed E-state index contributed by atoms with van der Waals surface area (Å²) in [4.78, 5) is 12.3. The number of Topliss-reactive ketones (excluding diaryl/α,β-unsaturated/α-hetero) is 1. The van der Waals surface area contributed by atoms with Crippen LogP contribution in [0.2, 0.25) is 0 Å². The summed E-state index contributed by atoms with van der Waals surface area (Å²) < 4.78 is 12.0. The van der Waals surface area contributed by atoms with Gasteiger partial charge >= 0.3 is 0 Å². The van der Waals surface area contributed by atoms with Crippen molar-refractivity contribution in [3.63, 3.8) is 0 Å². The molecule has 0 aliphatic heterocycles. The van der Waals surface area contributed by atoms with Gasteiger partial charge in [0.05, 0.1) is 17.2 Å². The van der Waals surface area contributed by atoms with Crippen LogP contribution in [-0.2, 0) is 4.74 Å². The molecular weight excluding hydrogens is 332 g/mol. The molecule has 3 nitrogen and oxygen atoms in total. The number of halogens is 1. The fourth-order valence-electron chi connectivity index (χ4n) is 2.60. The third-order valence-corrected chi connectivity index (χ3v) is 4.40. The zero-order valence-corrected chi connectivity index (χ0v) is 14.3. The molecule has 0 bridgehead atoms. The first-order valence-electron chi connectivity index (χ1n) is 7.71. The smallest absolute Gasteiger partial charge is 0.163 e. The van der Waals surface area contributed by atoms with E-state index < -0.39 is 0 Å². The standard InChI is InChI=1S/C17H23BrO3/c1-3-7-21-17-6-5-13(11-15(17)18)16(19)10-12-8-14(9-12)20-4-2/h5-6,11-12,14H,3-4,7-10H2,1-2H3. The SMILES string of the molecule is CCCOc1ccc(C(=O)CC2CC(OCC)C2)cc1Br. The highest BCUT2D eigenvalue weighted by Crippen LogP contribution is 2.34. The first kappa shape index (κ1) is 16.5. The molecule has 1 aromatic rings. The number of ether oxygens (including phenoxy) is 2. The fraction of sp³-hybridized carbons (Fsp3) is 0.588. The van der Waals surface area contributed by atoms with Gasteiger partial charge in [0, 0.05) is 18.6 Å². The lowest BCUT2D eigenvalue weighted by atomic mass is 9.78. The van der Waals surface area contributed by atoms with E-state index in [0.717, 1.165) is 41.7 Å². The Morgan fingerprint density at radius 3 is 2.71 bits per heavy atom. The Morgan fingerprint density at radius 1 is 1.33 bits per heavy atom. The molecule has 1 fully saturated rings. The van der Waals surface area contributed by atoms with Gasteiger partial charge in [0.1, 0.15) is 5.75 Å². The largest absolute Gasteiger partial charge is 0.492 e. The van der Waals surface area contributed by atoms with E-state index >= 15 is 0 Å². The van der Waals surface area contributed by atoms with Crippen LogP contribution in [0.3, 0.4) is 0 Å². The van der Waals surface area contributed by atoms with Crippen LogP contribution in [0, 0.1) is 5.92 Å². The Balaban J connectivity index is 1.87. The molecule has 0 aromatic heterocycles. The number of hydrogen-bond donors (Lipinski definition) is 0. The van der Waals surface area contributed by atoms with Crippen LogP contribution in [0.5, 0.6) is 5.75 Å². The maximum atomic E-state index is 12.3. The highest BCUT2D eigenvalue weighted by Gasteiger charge is 2.31. The van der Waals surface area contributed by atoms with E-state index in [9.17, 15) is 4.79 Å². The monoisotopic (exact) mass is 354 g/mol. The Bertz CT molecular complexity index is 481. The molecular formula is C17H23BrO3. The molecule has 0 N–H and O–H groups in total. The number of rotatable bonds is 8. The minimum atomic E-state index is 0.206. The third kappa shape index (κ3) is 4.55. The number of carbonyl (C=O) groups is 1. The summed E-state index contributed by atoms with van der Waals surface area (Å²) in [5.74, 6) is 1.48. The summed E-state index contributed by atoms with van der Waals surface area (Å²) in [6.07, 6.45) is 3.97. The number of ketones is 1. The van der Waals surface area contributed by atoms with Crippen molar-refractivity contribution in [2.24, 2.45) is 5.92 Å². The second kappa shape index (κ2) is 7.95. The molecule has 0 radical (unpaired) electrons. The summed E-state index contributed by atoms with van der Waals surface area (Å²) in [6.45, 7) is 5.53. The molecule has 0 amide bonds. The lowest BCUT2D eigenvalue weighted by Crippen LogP contribution is -2.32. The van der Waals surface area contributed by atoms with Crippen molar-refractivity contribution < 1.29 is 14.3 Å². The van der Waals surface area contributed by atoms with Crippen molar-refractivity contribution in [3.8, 4) is 5.75 Å². The molecule has 116 valence electrons. The Hall–Kier alpha value is -0.870. The van der Waals surface area contributed by atoms with Gasteiger partial charge in [-0.1, -0.05) is 6.92 Å². The first-order chi connectivity index (χ1) is 10.1. The van der Waals surface area contributed by atoms with Gasteiger partial charge in [0.2, 0.25) is 0 Å². The van der Waals surface area contributed by atoms with Crippen LogP contribution >= 0.6 is 15.9 Å². The van der Waals surface area contributed by atoms with Gasteiger partial charge in [-0.25, -0.2) is 0 Å². The van der Waals surface area contributed by atoms with Gasteiger partial charge in [0.25, 0.3) is 0 Å². The van der Waals surface area contributed by atoms with Gasteiger partial charge in [-0.2, -0.15) is 0 Å². The number of benzene rings is 1. The van der Waals surface area contributed by atoms with Crippen LogP contribution < -0.4 is 4.74 Å². The summed E-state index contributed by atoms with van der Waals surface area (Å²) in [5, 5.41) is 0. The Kier molecular flexibility index (Phi) is 6.24. The van der Waals surface area contributed by atoms with Crippen molar-refractivity contribution in [1.29, 1.82) is 0 Å². The van der Waals surface area contributed by atoms with E-state index in [2.05, 4.69) is 22.9 Å². The normalized spacial score (nSPS) is 20.9. The molecule has 1 aliphatic carbocycles. The van der Waals surface area contributed by atoms with Crippen molar-refractivity contribution >= 4 is 21.7 Å². The molecule has 1 saturated carbocycles. The zero-order valence-electron chi connectivity index (χ0n) is 12.7. The maximum absolute atomic E-state index is 12.3. The minimum absolute atomic E-state index is 0.206. The predicted molar refractivity (Wildman–Crippen MR) is 87.0 cm³/mol. The summed E-state index contributed by atoms with van der Waals surface area (Å²) in [7, 11) is 0. The second-order valence-electron chi connectivity index (χ2n) is 5.54. The molecule has 0 heterocycles. The van der Waals surface area contributed by atoms with E-state index in [1.165, 1.54) is 0 Å². The van der Waals surface area contributed by atoms with E-state index in [1.807, 2.05) is 25.1 Å². The topological polar surface area (TPSA) is 35.5 Å². The van der Waals surface area contributed by atoms with Gasteiger partial charge in [0.15, 0.2) is 5.78 Å². The van der Waals surface area contributed by atoms with E-state index in [-0.39, 0.29) is 5.78 Å². The van der Waals surface area contributed by atoms with Crippen molar-refractivity contribution in [1.82, 2.24) is 0 Å². The summed E-state index contributed by atoms with van der Waals surface area (Å²) in [5.41, 5.74) is 0.755. The van der Waals surface area contributed by atoms with Gasteiger partial charge in [-0.05, 0) is 66.2 Å². The molecule has 2 rings (SSSR count). The minimum Gasteiger partial charge on any atom is -0.492 e. The lowest BCUT2D eigenvalue weighted by molar-refractivity contribution is -0.0246. The second-order valence-corrected chi connectivity index (χ2v) is 6.39. The molecule has 0 unspecified atom stereocenters. The quantitative estimate of drug-likeness (QED) is 0.638. The van der Waals surface area contributed by atoms with Crippen molar-refractivity contribution in [3.05, 3.63) is 28.2 Å². The first-order valence-corrected chi connectivity index (χ1v) is 8.50. The lowest BCUT2D eigenvalue weighted by Gasteiger charge is -2.34. The molecule has 4 heteroatoms. The number of hydrogen-bond acceptors (Lipinski definition) is 3. The molecule has 0 atom stereocenters. The van der Waals surface area contributed by atoms with Crippen molar-refractivity contribution in [2.45, 2.75) is 45.6 Å². The van der Waals surface area contributed by atoms with E-state index in [0.29, 0.717) is 25.0 Å². The van der Waals surface area contributed by atoms with Crippen LogP contribution in [0.15, 0.2) is 22.7 Å². The third-order valence-electron chi connectivity index (χ3n) is 3.78. The van der Waals surface area contributed by atoms with Crippen molar-refractivity contribution in [2.75, 3.05) is 13.2 Å². The highest BCUT2D eigenvalue weighted by molar-refractivity contribution is 9.10. The Labute approximate surface area is 135 Å². The predicted octanol–water partition coefficient (Wildman–Crippen LogP) is 4.63. The van der Waals surface area contributed by atoms with Crippen LogP contribution in [0.25, 0.3) is 0 Å². The van der Waals surface area contributed by atoms with E-state index in [4.69, 9.17) is 9.47 Å². The molecule has 21 heavy (non-hydrogen) atoms. The molecule has 0 spiro atoms. The van der Waals surface area contributed by atoms with Gasteiger partial charge in [-0.15, -0.1) is 0 Å². The molecule has 1 aromatic carbocycles. The maximum Gasteiger partial charge on any atom is 0.163 e. The van der Waals surface area contributed by atoms with Gasteiger partial charge in [-0.3, -0.25) is 4.79 Å². The fourth-order valence-corrected chi connectivity index (χ4v) is 3.09. The van der Waals surface area contributed by atoms with Crippen LogP contribution in [0.4, 0.5) is 0 Å². The number of carbonyl (C=O) groups excluding carboxylic acids is 1. The van der Waals surface area contributed by atoms with Crippen LogP contribution in [0.1, 0.15) is 49.9 Å². The summed E-state index contributed by atoms with van der Waals surface area (Å²) in [6, 6.07) is 5.60. The summed E-state index contributed by atoms with van der Waals surface area (Å²) >= 11 is 3.48.